The molecule has 0 unspecified atom stereocenters. The number of ether oxygens (including phenoxy) is 4. The third-order valence-corrected chi connectivity index (χ3v) is 6.25. The third-order valence-electron chi connectivity index (χ3n) is 6.25. The number of hydrogen-bond acceptors (Lipinski definition) is 8. The van der Waals surface area contributed by atoms with E-state index < -0.39 is 54.3 Å². The highest BCUT2D eigenvalue weighted by Gasteiger charge is 2.63. The van der Waals surface area contributed by atoms with Crippen molar-refractivity contribution in [3.8, 4) is 0 Å². The maximum Gasteiger partial charge on any atom is 0.352 e. The Kier molecular flexibility index (Phi) is 6.50. The summed E-state index contributed by atoms with van der Waals surface area (Å²) in [7, 11) is 0. The number of fused-ring (bicyclic) bond motifs is 1. The SMILES string of the molecule is CC(=O)N[C@@H]1[C@@H](O)[C@@H]2OC3(CCCCC3)O[C@@H]2[C@H]1OC(=O)[C@H](OC(C)=O)c1ccccc1. The van der Waals surface area contributed by atoms with E-state index in [1.165, 1.54) is 13.8 Å². The quantitative estimate of drug-likeness (QED) is 0.652. The summed E-state index contributed by atoms with van der Waals surface area (Å²) in [5.41, 5.74) is 0.450. The molecule has 9 heteroatoms. The number of benzene rings is 1. The van der Waals surface area contributed by atoms with E-state index in [1.807, 2.05) is 0 Å². The molecule has 1 saturated heterocycles. The van der Waals surface area contributed by atoms with Gasteiger partial charge in [0, 0.05) is 32.3 Å². The van der Waals surface area contributed by atoms with Gasteiger partial charge in [-0.15, -0.1) is 0 Å². The highest BCUT2D eigenvalue weighted by molar-refractivity contribution is 5.80. The van der Waals surface area contributed by atoms with Crippen LogP contribution in [0.15, 0.2) is 30.3 Å². The summed E-state index contributed by atoms with van der Waals surface area (Å²) < 4.78 is 23.4. The fourth-order valence-electron chi connectivity index (χ4n) is 4.89. The molecule has 32 heavy (non-hydrogen) atoms. The lowest BCUT2D eigenvalue weighted by atomic mass is 9.94. The Morgan fingerprint density at radius 3 is 2.34 bits per heavy atom. The van der Waals surface area contributed by atoms with E-state index in [0.717, 1.165) is 19.3 Å². The molecule has 0 aromatic heterocycles. The van der Waals surface area contributed by atoms with Gasteiger partial charge >= 0.3 is 11.9 Å². The number of nitrogens with one attached hydrogen (secondary N) is 1. The van der Waals surface area contributed by atoms with Crippen molar-refractivity contribution in [2.75, 3.05) is 0 Å². The maximum atomic E-state index is 13.1. The monoisotopic (exact) mass is 447 g/mol. The fraction of sp³-hybridized carbons (Fsp3) is 0.609. The summed E-state index contributed by atoms with van der Waals surface area (Å²) >= 11 is 0. The second-order valence-corrected chi connectivity index (χ2v) is 8.65. The number of carbonyl (C=O) groups is 3. The number of aliphatic hydroxyl groups excluding tert-OH is 1. The Hall–Kier alpha value is -2.49. The van der Waals surface area contributed by atoms with Gasteiger partial charge in [-0.1, -0.05) is 36.8 Å². The number of rotatable bonds is 5. The van der Waals surface area contributed by atoms with Crippen LogP contribution in [-0.2, 0) is 33.3 Å². The predicted molar refractivity (Wildman–Crippen MR) is 110 cm³/mol. The summed E-state index contributed by atoms with van der Waals surface area (Å²) in [6, 6.07) is 7.60. The first-order chi connectivity index (χ1) is 15.3. The average Bonchev–Trinajstić information content (AvgIpc) is 3.22. The van der Waals surface area contributed by atoms with Crippen LogP contribution in [0.1, 0.15) is 57.6 Å². The number of aliphatic hydroxyl groups is 1. The summed E-state index contributed by atoms with van der Waals surface area (Å²) in [6.45, 7) is 2.52. The third kappa shape index (κ3) is 4.51. The molecule has 0 radical (unpaired) electrons. The standard InChI is InChI=1S/C23H29NO8/c1-13(25)24-16-17(27)20-21(32-23(31-20)11-7-4-8-12-23)19(16)30-22(28)18(29-14(2)26)15-9-5-3-6-10-15/h3,5-6,9-10,16-21,27H,4,7-8,11-12H2,1-2H3,(H,24,25)/t16-,17-,18-,19+,20+,21-/m1/s1. The molecule has 1 aromatic rings. The van der Waals surface area contributed by atoms with Crippen molar-refractivity contribution in [3.63, 3.8) is 0 Å². The topological polar surface area (TPSA) is 120 Å². The van der Waals surface area contributed by atoms with Gasteiger partial charge in [0.25, 0.3) is 0 Å². The van der Waals surface area contributed by atoms with Gasteiger partial charge in [0.1, 0.15) is 18.3 Å². The zero-order chi connectivity index (χ0) is 22.9. The molecule has 6 atom stereocenters. The van der Waals surface area contributed by atoms with Crippen LogP contribution >= 0.6 is 0 Å². The van der Waals surface area contributed by atoms with Gasteiger partial charge in [0.2, 0.25) is 12.0 Å². The van der Waals surface area contributed by atoms with Gasteiger partial charge in [-0.25, -0.2) is 4.79 Å². The largest absolute Gasteiger partial charge is 0.454 e. The van der Waals surface area contributed by atoms with Crippen LogP contribution in [0, 0.1) is 0 Å². The first-order valence-corrected chi connectivity index (χ1v) is 11.0. The molecule has 4 rings (SSSR count). The van der Waals surface area contributed by atoms with E-state index >= 15 is 0 Å². The lowest BCUT2D eigenvalue weighted by Crippen LogP contribution is -2.51. The van der Waals surface area contributed by atoms with Crippen molar-refractivity contribution < 1.29 is 38.4 Å². The van der Waals surface area contributed by atoms with Gasteiger partial charge < -0.3 is 29.4 Å². The van der Waals surface area contributed by atoms with Gasteiger partial charge in [0.15, 0.2) is 11.9 Å². The number of carbonyl (C=O) groups excluding carboxylic acids is 3. The van der Waals surface area contributed by atoms with Crippen molar-refractivity contribution in [2.24, 2.45) is 0 Å². The summed E-state index contributed by atoms with van der Waals surface area (Å²) in [6.07, 6.45) is -0.550. The Morgan fingerprint density at radius 2 is 1.72 bits per heavy atom. The molecule has 174 valence electrons. The van der Waals surface area contributed by atoms with E-state index in [1.54, 1.807) is 30.3 Å². The molecule has 1 aromatic carbocycles. The maximum absolute atomic E-state index is 13.1. The van der Waals surface area contributed by atoms with Crippen molar-refractivity contribution in [1.82, 2.24) is 5.32 Å². The lowest BCUT2D eigenvalue weighted by molar-refractivity contribution is -0.220. The summed E-state index contributed by atoms with van der Waals surface area (Å²) in [5.74, 6) is -2.65. The zero-order valence-corrected chi connectivity index (χ0v) is 18.2. The van der Waals surface area contributed by atoms with Crippen LogP contribution in [0.4, 0.5) is 0 Å². The minimum absolute atomic E-state index is 0.387. The number of esters is 2. The molecule has 1 aliphatic heterocycles. The molecule has 0 bridgehead atoms. The molecule has 2 saturated carbocycles. The molecule has 2 aliphatic carbocycles. The highest BCUT2D eigenvalue weighted by Crippen LogP contribution is 2.46. The number of hydrogen-bond donors (Lipinski definition) is 2. The van der Waals surface area contributed by atoms with Crippen LogP contribution in [-0.4, -0.2) is 59.2 Å². The van der Waals surface area contributed by atoms with Gasteiger partial charge in [0.05, 0.1) is 6.04 Å². The van der Waals surface area contributed by atoms with Crippen molar-refractivity contribution in [1.29, 1.82) is 0 Å². The number of amides is 1. The molecular weight excluding hydrogens is 418 g/mol. The molecule has 2 N–H and O–H groups in total. The van der Waals surface area contributed by atoms with E-state index in [2.05, 4.69) is 5.32 Å². The van der Waals surface area contributed by atoms with Crippen molar-refractivity contribution in [2.45, 2.75) is 88.3 Å². The van der Waals surface area contributed by atoms with Gasteiger partial charge in [-0.2, -0.15) is 0 Å². The normalized spacial score (nSPS) is 31.5. The van der Waals surface area contributed by atoms with Crippen LogP contribution in [0.5, 0.6) is 0 Å². The van der Waals surface area contributed by atoms with E-state index in [-0.39, 0.29) is 5.91 Å². The smallest absolute Gasteiger partial charge is 0.352 e. The highest BCUT2D eigenvalue weighted by atomic mass is 16.8. The second kappa shape index (κ2) is 9.17. The van der Waals surface area contributed by atoms with Gasteiger partial charge in [-0.05, 0) is 12.8 Å². The molecular formula is C23H29NO8. The van der Waals surface area contributed by atoms with Crippen molar-refractivity contribution in [3.05, 3.63) is 35.9 Å². The Morgan fingerprint density at radius 1 is 1.06 bits per heavy atom. The van der Waals surface area contributed by atoms with Crippen LogP contribution in [0.25, 0.3) is 0 Å². The first-order valence-electron chi connectivity index (χ1n) is 11.0. The van der Waals surface area contributed by atoms with E-state index in [0.29, 0.717) is 18.4 Å². The molecule has 9 nitrogen and oxygen atoms in total. The first kappa shape index (κ1) is 22.7. The van der Waals surface area contributed by atoms with Gasteiger partial charge in [-0.3, -0.25) is 9.59 Å². The lowest BCUT2D eigenvalue weighted by Gasteiger charge is -2.35. The van der Waals surface area contributed by atoms with E-state index in [4.69, 9.17) is 18.9 Å². The zero-order valence-electron chi connectivity index (χ0n) is 18.2. The minimum Gasteiger partial charge on any atom is -0.454 e. The predicted octanol–water partition coefficient (Wildman–Crippen LogP) is 1.53. The summed E-state index contributed by atoms with van der Waals surface area (Å²) in [5, 5.41) is 13.6. The average molecular weight is 447 g/mol. The van der Waals surface area contributed by atoms with Crippen LogP contribution in [0.2, 0.25) is 0 Å². The molecule has 1 heterocycles. The molecule has 3 aliphatic rings. The summed E-state index contributed by atoms with van der Waals surface area (Å²) in [4.78, 5) is 36.6. The molecule has 1 spiro atoms. The Labute approximate surface area is 186 Å². The molecule has 1 amide bonds. The second-order valence-electron chi connectivity index (χ2n) is 8.65. The van der Waals surface area contributed by atoms with Crippen LogP contribution in [0.3, 0.4) is 0 Å². The van der Waals surface area contributed by atoms with Crippen molar-refractivity contribution >= 4 is 17.8 Å². The minimum atomic E-state index is -1.28. The Bertz CT molecular complexity index is 853. The van der Waals surface area contributed by atoms with E-state index in [9.17, 15) is 19.5 Å². The Balaban J connectivity index is 1.58. The molecule has 3 fully saturated rings. The fourth-order valence-corrected chi connectivity index (χ4v) is 4.89. The van der Waals surface area contributed by atoms with Crippen LogP contribution < -0.4 is 5.32 Å².